The zero-order valence-electron chi connectivity index (χ0n) is 11.2. The van der Waals surface area contributed by atoms with Crippen molar-refractivity contribution in [1.29, 1.82) is 0 Å². The highest BCUT2D eigenvalue weighted by Crippen LogP contribution is 2.14. The molecule has 1 aromatic carbocycles. The van der Waals surface area contributed by atoms with Crippen LogP contribution in [0.25, 0.3) is 0 Å². The smallest absolute Gasteiger partial charge is 0.220 e. The van der Waals surface area contributed by atoms with Gasteiger partial charge in [0.05, 0.1) is 0 Å². The van der Waals surface area contributed by atoms with Gasteiger partial charge >= 0.3 is 0 Å². The second-order valence-electron chi connectivity index (χ2n) is 4.39. The number of rotatable bonds is 7. The fourth-order valence-electron chi connectivity index (χ4n) is 1.68. The van der Waals surface area contributed by atoms with Crippen LogP contribution in [0.2, 0.25) is 0 Å². The number of benzene rings is 1. The molecule has 0 spiro atoms. The lowest BCUT2D eigenvalue weighted by Crippen LogP contribution is -2.33. The highest BCUT2D eigenvalue weighted by molar-refractivity contribution is 5.76. The first kappa shape index (κ1) is 15.2. The van der Waals surface area contributed by atoms with E-state index in [1.54, 1.807) is 0 Å². The molecule has 0 aromatic heterocycles. The van der Waals surface area contributed by atoms with Crippen molar-refractivity contribution in [2.75, 3.05) is 13.1 Å². The summed E-state index contributed by atoms with van der Waals surface area (Å²) in [6.45, 7) is 2.34. The summed E-state index contributed by atoms with van der Waals surface area (Å²) >= 11 is 0. The molecule has 0 heterocycles. The highest BCUT2D eigenvalue weighted by atomic mass is 16.2. The average Bonchev–Trinajstić information content (AvgIpc) is 2.41. The van der Waals surface area contributed by atoms with Gasteiger partial charge in [0.1, 0.15) is 0 Å². The molecule has 0 aliphatic carbocycles. The van der Waals surface area contributed by atoms with Crippen LogP contribution >= 0.6 is 0 Å². The van der Waals surface area contributed by atoms with E-state index in [-0.39, 0.29) is 17.9 Å². The Kier molecular flexibility index (Phi) is 6.60. The second kappa shape index (κ2) is 8.26. The molecule has 19 heavy (non-hydrogen) atoms. The van der Waals surface area contributed by atoms with E-state index >= 15 is 0 Å². The Bertz CT molecular complexity index is 406. The average molecular weight is 263 g/mol. The molecule has 0 saturated heterocycles. The van der Waals surface area contributed by atoms with Gasteiger partial charge < -0.3 is 16.4 Å². The molecule has 4 N–H and O–H groups in total. The number of amides is 2. The van der Waals surface area contributed by atoms with Crippen LogP contribution in [0.4, 0.5) is 0 Å². The summed E-state index contributed by atoms with van der Waals surface area (Å²) in [5.41, 5.74) is 7.04. The largest absolute Gasteiger partial charge is 0.355 e. The van der Waals surface area contributed by atoms with Gasteiger partial charge in [-0.2, -0.15) is 0 Å². The minimum atomic E-state index is -0.123. The first-order chi connectivity index (χ1) is 9.09. The Hall–Kier alpha value is -1.88. The van der Waals surface area contributed by atoms with Crippen molar-refractivity contribution in [1.82, 2.24) is 10.6 Å². The zero-order chi connectivity index (χ0) is 14.1. The number of carbonyl (C=O) groups excluding carboxylic acids is 2. The molecular formula is C14H21N3O2. The van der Waals surface area contributed by atoms with Crippen LogP contribution < -0.4 is 16.4 Å². The van der Waals surface area contributed by atoms with Gasteiger partial charge in [0.15, 0.2) is 0 Å². The minimum absolute atomic E-state index is 0.0447. The van der Waals surface area contributed by atoms with E-state index in [0.717, 1.165) is 5.56 Å². The standard InChI is InChI=1S/C14H21N3O2/c1-11(18)16-9-10-17-14(19)8-7-13(15)12-5-3-2-4-6-12/h2-6,13H,7-10,15H2,1H3,(H,16,18)(H,17,19). The van der Waals surface area contributed by atoms with Gasteiger partial charge in [0.25, 0.3) is 0 Å². The first-order valence-electron chi connectivity index (χ1n) is 6.41. The topological polar surface area (TPSA) is 84.2 Å². The number of nitrogens with two attached hydrogens (primary N) is 1. The van der Waals surface area contributed by atoms with Crippen molar-refractivity contribution in [2.24, 2.45) is 5.73 Å². The third-order valence-corrected chi connectivity index (χ3v) is 2.73. The van der Waals surface area contributed by atoms with Gasteiger partial charge in [-0.05, 0) is 12.0 Å². The molecule has 0 aliphatic rings. The molecule has 2 amide bonds. The normalized spacial score (nSPS) is 11.7. The van der Waals surface area contributed by atoms with Crippen molar-refractivity contribution in [2.45, 2.75) is 25.8 Å². The maximum atomic E-state index is 11.5. The summed E-state index contributed by atoms with van der Waals surface area (Å²) < 4.78 is 0. The van der Waals surface area contributed by atoms with Gasteiger partial charge in [-0.1, -0.05) is 30.3 Å². The molecule has 1 unspecified atom stereocenters. The van der Waals surface area contributed by atoms with E-state index in [4.69, 9.17) is 5.73 Å². The van der Waals surface area contributed by atoms with Gasteiger partial charge in [-0.25, -0.2) is 0 Å². The molecule has 0 radical (unpaired) electrons. The Morgan fingerprint density at radius 2 is 1.79 bits per heavy atom. The third-order valence-electron chi connectivity index (χ3n) is 2.73. The summed E-state index contributed by atoms with van der Waals surface area (Å²) in [5, 5.41) is 5.35. The fraction of sp³-hybridized carbons (Fsp3) is 0.429. The van der Waals surface area contributed by atoms with Crippen LogP contribution in [0.3, 0.4) is 0 Å². The number of hydrogen-bond acceptors (Lipinski definition) is 3. The first-order valence-corrected chi connectivity index (χ1v) is 6.41. The minimum Gasteiger partial charge on any atom is -0.355 e. The maximum absolute atomic E-state index is 11.5. The van der Waals surface area contributed by atoms with E-state index in [1.807, 2.05) is 30.3 Å². The molecule has 0 bridgehead atoms. The summed E-state index contributed by atoms with van der Waals surface area (Å²) in [4.78, 5) is 22.2. The Labute approximate surface area is 113 Å². The SMILES string of the molecule is CC(=O)NCCNC(=O)CCC(N)c1ccccc1. The van der Waals surface area contributed by atoms with E-state index in [9.17, 15) is 9.59 Å². The van der Waals surface area contributed by atoms with Crippen molar-refractivity contribution in [3.8, 4) is 0 Å². The molecule has 5 nitrogen and oxygen atoms in total. The van der Waals surface area contributed by atoms with Crippen LogP contribution in [-0.2, 0) is 9.59 Å². The van der Waals surface area contributed by atoms with Gasteiger partial charge in [-0.3, -0.25) is 9.59 Å². The third kappa shape index (κ3) is 6.57. The quantitative estimate of drug-likeness (QED) is 0.634. The molecule has 1 atom stereocenters. The highest BCUT2D eigenvalue weighted by Gasteiger charge is 2.08. The van der Waals surface area contributed by atoms with E-state index in [1.165, 1.54) is 6.92 Å². The van der Waals surface area contributed by atoms with E-state index < -0.39 is 0 Å². The number of nitrogens with one attached hydrogen (secondary N) is 2. The summed E-state index contributed by atoms with van der Waals surface area (Å²) in [6, 6.07) is 9.59. The predicted octanol–water partition coefficient (Wildman–Crippen LogP) is 0.719. The van der Waals surface area contributed by atoms with Crippen molar-refractivity contribution < 1.29 is 9.59 Å². The lowest BCUT2D eigenvalue weighted by Gasteiger charge is -2.11. The molecule has 0 aliphatic heterocycles. The van der Waals surface area contributed by atoms with Crippen molar-refractivity contribution >= 4 is 11.8 Å². The molecular weight excluding hydrogens is 242 g/mol. The molecule has 0 fully saturated rings. The van der Waals surface area contributed by atoms with Gasteiger partial charge in [-0.15, -0.1) is 0 Å². The second-order valence-corrected chi connectivity index (χ2v) is 4.39. The molecule has 1 aromatic rings. The molecule has 1 rings (SSSR count). The Morgan fingerprint density at radius 3 is 2.42 bits per heavy atom. The van der Waals surface area contributed by atoms with Crippen LogP contribution in [0.15, 0.2) is 30.3 Å². The lowest BCUT2D eigenvalue weighted by atomic mass is 10.0. The van der Waals surface area contributed by atoms with E-state index in [0.29, 0.717) is 25.9 Å². The summed E-state index contributed by atoms with van der Waals surface area (Å²) in [6.07, 6.45) is 0.992. The lowest BCUT2D eigenvalue weighted by molar-refractivity contribution is -0.122. The number of carbonyl (C=O) groups is 2. The Balaban J connectivity index is 2.18. The summed E-state index contributed by atoms with van der Waals surface area (Å²) in [7, 11) is 0. The Morgan fingerprint density at radius 1 is 1.16 bits per heavy atom. The predicted molar refractivity (Wildman–Crippen MR) is 74.3 cm³/mol. The van der Waals surface area contributed by atoms with Crippen LogP contribution in [0.5, 0.6) is 0 Å². The van der Waals surface area contributed by atoms with Crippen LogP contribution in [-0.4, -0.2) is 24.9 Å². The molecule has 104 valence electrons. The molecule has 0 saturated carbocycles. The maximum Gasteiger partial charge on any atom is 0.220 e. The monoisotopic (exact) mass is 263 g/mol. The van der Waals surface area contributed by atoms with Gasteiger partial charge in [0, 0.05) is 32.5 Å². The van der Waals surface area contributed by atoms with Crippen LogP contribution in [0.1, 0.15) is 31.4 Å². The molecule has 5 heteroatoms. The van der Waals surface area contributed by atoms with Crippen molar-refractivity contribution in [3.05, 3.63) is 35.9 Å². The summed E-state index contributed by atoms with van der Waals surface area (Å²) in [5.74, 6) is -0.142. The zero-order valence-corrected chi connectivity index (χ0v) is 11.2. The fourth-order valence-corrected chi connectivity index (χ4v) is 1.68. The van der Waals surface area contributed by atoms with Gasteiger partial charge in [0.2, 0.25) is 11.8 Å². The number of hydrogen-bond donors (Lipinski definition) is 3. The van der Waals surface area contributed by atoms with E-state index in [2.05, 4.69) is 10.6 Å². The van der Waals surface area contributed by atoms with Crippen LogP contribution in [0, 0.1) is 0 Å². The van der Waals surface area contributed by atoms with Crippen molar-refractivity contribution in [3.63, 3.8) is 0 Å².